The van der Waals surface area contributed by atoms with Crippen molar-refractivity contribution in [3.05, 3.63) is 60.8 Å². The largest absolute Gasteiger partial charge is 0.492 e. The topological polar surface area (TPSA) is 76.8 Å². The summed E-state index contributed by atoms with van der Waals surface area (Å²) in [5.74, 6) is 1.93. The van der Waals surface area contributed by atoms with E-state index >= 15 is 0 Å². The summed E-state index contributed by atoms with van der Waals surface area (Å²) in [5.41, 5.74) is 3.34. The number of fused-ring (bicyclic) bond motifs is 1. The molecule has 0 bridgehead atoms. The fourth-order valence-electron chi connectivity index (χ4n) is 3.97. The van der Waals surface area contributed by atoms with Crippen molar-refractivity contribution < 1.29 is 9.47 Å². The number of methoxy groups -OCH3 is 1. The standard InChI is InChI=1S/C24H26N6O2/c1-31-23-20(6-5-13-25-23)21-7-4-8-22-27-24(28-30(21)22)26-18-9-11-19(12-10-18)32-17-16-29-14-2-3-15-29/h4-13H,2-3,14-17H2,1H3,(H,26,28). The van der Waals surface area contributed by atoms with E-state index in [-0.39, 0.29) is 0 Å². The molecule has 0 aliphatic carbocycles. The van der Waals surface area contributed by atoms with Gasteiger partial charge in [-0.3, -0.25) is 4.90 Å². The van der Waals surface area contributed by atoms with Gasteiger partial charge in [-0.15, -0.1) is 5.10 Å². The fourth-order valence-corrected chi connectivity index (χ4v) is 3.97. The maximum atomic E-state index is 5.89. The number of anilines is 2. The lowest BCUT2D eigenvalue weighted by Crippen LogP contribution is -2.25. The Labute approximate surface area is 186 Å². The van der Waals surface area contributed by atoms with Crippen LogP contribution in [0.5, 0.6) is 11.6 Å². The highest BCUT2D eigenvalue weighted by Gasteiger charge is 2.13. The van der Waals surface area contributed by atoms with Crippen LogP contribution in [-0.4, -0.2) is 57.8 Å². The number of hydrogen-bond donors (Lipinski definition) is 1. The molecule has 1 N–H and O–H groups in total. The molecule has 164 valence electrons. The molecule has 4 heterocycles. The number of rotatable bonds is 8. The monoisotopic (exact) mass is 430 g/mol. The van der Waals surface area contributed by atoms with Crippen LogP contribution in [0.1, 0.15) is 12.8 Å². The lowest BCUT2D eigenvalue weighted by molar-refractivity contribution is 0.238. The Kier molecular flexibility index (Phi) is 5.85. The van der Waals surface area contributed by atoms with Crippen molar-refractivity contribution in [2.24, 2.45) is 0 Å². The second-order valence-corrected chi connectivity index (χ2v) is 7.72. The molecular weight excluding hydrogens is 404 g/mol. The fraction of sp³-hybridized carbons (Fsp3) is 0.292. The predicted octanol–water partition coefficient (Wildman–Crippen LogP) is 4.02. The minimum atomic E-state index is 0.517. The van der Waals surface area contributed by atoms with Gasteiger partial charge in [0.05, 0.1) is 18.4 Å². The first-order chi connectivity index (χ1) is 15.8. The van der Waals surface area contributed by atoms with Crippen LogP contribution in [0.25, 0.3) is 16.9 Å². The summed E-state index contributed by atoms with van der Waals surface area (Å²) in [6.07, 6.45) is 4.31. The van der Waals surface area contributed by atoms with E-state index in [9.17, 15) is 0 Å². The highest BCUT2D eigenvalue weighted by molar-refractivity contribution is 5.68. The van der Waals surface area contributed by atoms with E-state index in [1.54, 1.807) is 17.8 Å². The molecule has 0 unspecified atom stereocenters. The Morgan fingerprint density at radius 2 is 1.84 bits per heavy atom. The van der Waals surface area contributed by atoms with Crippen LogP contribution in [-0.2, 0) is 0 Å². The van der Waals surface area contributed by atoms with Crippen LogP contribution in [0.3, 0.4) is 0 Å². The first kappa shape index (κ1) is 20.3. The summed E-state index contributed by atoms with van der Waals surface area (Å²) in [7, 11) is 1.61. The van der Waals surface area contributed by atoms with Gasteiger partial charge in [-0.1, -0.05) is 6.07 Å². The van der Waals surface area contributed by atoms with Crippen molar-refractivity contribution >= 4 is 17.3 Å². The second kappa shape index (κ2) is 9.23. The van der Waals surface area contributed by atoms with Gasteiger partial charge in [-0.25, -0.2) is 9.50 Å². The van der Waals surface area contributed by atoms with Gasteiger partial charge in [0.15, 0.2) is 5.65 Å². The smallest absolute Gasteiger partial charge is 0.247 e. The van der Waals surface area contributed by atoms with Crippen LogP contribution in [0.4, 0.5) is 11.6 Å². The number of nitrogens with zero attached hydrogens (tertiary/aromatic N) is 5. The Balaban J connectivity index is 1.29. The molecule has 0 amide bonds. The van der Waals surface area contributed by atoms with Gasteiger partial charge in [0.25, 0.3) is 0 Å². The number of benzene rings is 1. The van der Waals surface area contributed by atoms with Gasteiger partial charge in [0, 0.05) is 18.4 Å². The van der Waals surface area contributed by atoms with E-state index in [4.69, 9.17) is 9.47 Å². The maximum absolute atomic E-state index is 5.89. The molecule has 3 aromatic heterocycles. The van der Waals surface area contributed by atoms with Crippen LogP contribution < -0.4 is 14.8 Å². The third kappa shape index (κ3) is 4.36. The molecule has 32 heavy (non-hydrogen) atoms. The van der Waals surface area contributed by atoms with Crippen molar-refractivity contribution in [1.29, 1.82) is 0 Å². The normalized spacial score (nSPS) is 14.0. The Hall–Kier alpha value is -3.65. The molecule has 8 nitrogen and oxygen atoms in total. The van der Waals surface area contributed by atoms with Gasteiger partial charge in [0.1, 0.15) is 12.4 Å². The summed E-state index contributed by atoms with van der Waals surface area (Å²) >= 11 is 0. The van der Waals surface area contributed by atoms with Gasteiger partial charge in [-0.05, 0) is 74.5 Å². The summed E-state index contributed by atoms with van der Waals surface area (Å²) < 4.78 is 13.1. The van der Waals surface area contributed by atoms with E-state index in [1.807, 2.05) is 54.6 Å². The lowest BCUT2D eigenvalue weighted by Gasteiger charge is -2.15. The van der Waals surface area contributed by atoms with Crippen molar-refractivity contribution in [3.63, 3.8) is 0 Å². The minimum absolute atomic E-state index is 0.517. The quantitative estimate of drug-likeness (QED) is 0.452. The molecule has 1 aliphatic rings. The lowest BCUT2D eigenvalue weighted by atomic mass is 10.2. The van der Waals surface area contributed by atoms with Crippen molar-refractivity contribution in [2.45, 2.75) is 12.8 Å². The van der Waals surface area contributed by atoms with Crippen molar-refractivity contribution in [1.82, 2.24) is 24.5 Å². The highest BCUT2D eigenvalue weighted by Crippen LogP contribution is 2.28. The van der Waals surface area contributed by atoms with Gasteiger partial charge >= 0.3 is 0 Å². The zero-order valence-corrected chi connectivity index (χ0v) is 18.1. The average molecular weight is 431 g/mol. The Morgan fingerprint density at radius 1 is 1.00 bits per heavy atom. The molecule has 1 saturated heterocycles. The van der Waals surface area contributed by atoms with Gasteiger partial charge < -0.3 is 14.8 Å². The van der Waals surface area contributed by atoms with Crippen LogP contribution in [0.2, 0.25) is 0 Å². The molecule has 8 heteroatoms. The third-order valence-corrected chi connectivity index (χ3v) is 5.59. The molecule has 1 fully saturated rings. The Bertz CT molecular complexity index is 1180. The number of ether oxygens (including phenoxy) is 2. The molecule has 0 spiro atoms. The minimum Gasteiger partial charge on any atom is -0.492 e. The molecule has 1 aliphatic heterocycles. The molecule has 1 aromatic carbocycles. The second-order valence-electron chi connectivity index (χ2n) is 7.72. The number of likely N-dealkylation sites (tertiary alicyclic amines) is 1. The number of aromatic nitrogens is 4. The third-order valence-electron chi connectivity index (χ3n) is 5.59. The predicted molar refractivity (Wildman–Crippen MR) is 124 cm³/mol. The van der Waals surface area contributed by atoms with E-state index in [2.05, 4.69) is 25.3 Å². The molecule has 0 radical (unpaired) electrons. The Morgan fingerprint density at radius 3 is 2.66 bits per heavy atom. The SMILES string of the molecule is COc1ncccc1-c1cccc2nc(Nc3ccc(OCCN4CCCC4)cc3)nn12. The van der Waals surface area contributed by atoms with E-state index in [1.165, 1.54) is 25.9 Å². The van der Waals surface area contributed by atoms with Crippen molar-refractivity contribution in [2.75, 3.05) is 38.7 Å². The zero-order chi connectivity index (χ0) is 21.8. The molecular formula is C24H26N6O2. The first-order valence-corrected chi connectivity index (χ1v) is 10.9. The van der Waals surface area contributed by atoms with Gasteiger partial charge in [-0.2, -0.15) is 4.98 Å². The van der Waals surface area contributed by atoms with E-state index in [0.29, 0.717) is 18.4 Å². The van der Waals surface area contributed by atoms with Crippen molar-refractivity contribution in [3.8, 4) is 22.9 Å². The summed E-state index contributed by atoms with van der Waals surface area (Å²) in [6.45, 7) is 4.07. The van der Waals surface area contributed by atoms with Gasteiger partial charge in [0.2, 0.25) is 11.8 Å². The maximum Gasteiger partial charge on any atom is 0.247 e. The zero-order valence-electron chi connectivity index (χ0n) is 18.1. The molecule has 0 saturated carbocycles. The van der Waals surface area contributed by atoms with Crippen LogP contribution in [0, 0.1) is 0 Å². The molecule has 0 atom stereocenters. The van der Waals surface area contributed by atoms with E-state index in [0.717, 1.165) is 34.9 Å². The number of hydrogen-bond acceptors (Lipinski definition) is 7. The molecule has 4 aromatic rings. The van der Waals surface area contributed by atoms with Crippen LogP contribution >= 0.6 is 0 Å². The first-order valence-electron chi connectivity index (χ1n) is 10.9. The number of pyridine rings is 2. The van der Waals surface area contributed by atoms with E-state index < -0.39 is 0 Å². The molecule has 5 rings (SSSR count). The van der Waals surface area contributed by atoms with Crippen LogP contribution in [0.15, 0.2) is 60.8 Å². The highest BCUT2D eigenvalue weighted by atomic mass is 16.5. The summed E-state index contributed by atoms with van der Waals surface area (Å²) in [5, 5.41) is 7.93. The number of nitrogens with one attached hydrogen (secondary N) is 1. The summed E-state index contributed by atoms with van der Waals surface area (Å²) in [4.78, 5) is 11.3. The average Bonchev–Trinajstić information content (AvgIpc) is 3.49. The summed E-state index contributed by atoms with van der Waals surface area (Å²) in [6, 6.07) is 17.6.